The first-order chi connectivity index (χ1) is 14.5. The van der Waals surface area contributed by atoms with E-state index in [1.165, 1.54) is 29.9 Å². The molecule has 1 N–H and O–H groups in total. The number of amides is 1. The molecule has 0 aliphatic rings. The molecule has 30 heavy (non-hydrogen) atoms. The number of carbonyl (C=O) groups excluding carboxylic acids is 1. The number of ether oxygens (including phenoxy) is 1. The lowest BCUT2D eigenvalue weighted by Gasteiger charge is -2.13. The monoisotopic (exact) mass is 404 g/mol. The van der Waals surface area contributed by atoms with Gasteiger partial charge >= 0.3 is 0 Å². The molecule has 0 saturated heterocycles. The van der Waals surface area contributed by atoms with Crippen molar-refractivity contribution in [3.05, 3.63) is 88.4 Å². The molecule has 0 fully saturated rings. The quantitative estimate of drug-likeness (QED) is 0.563. The fourth-order valence-corrected chi connectivity index (χ4v) is 3.11. The molecule has 0 aliphatic heterocycles. The Morgan fingerprint density at radius 3 is 2.63 bits per heavy atom. The molecular weight excluding hydrogens is 387 g/mol. The summed E-state index contributed by atoms with van der Waals surface area (Å²) in [5.41, 5.74) is 0.677. The first kappa shape index (κ1) is 19.3. The van der Waals surface area contributed by atoms with Gasteiger partial charge in [0.05, 0.1) is 23.9 Å². The van der Waals surface area contributed by atoms with Gasteiger partial charge in [0, 0.05) is 11.8 Å². The molecule has 0 aliphatic carbocycles. The number of benzene rings is 2. The minimum atomic E-state index is -0.623. The van der Waals surface area contributed by atoms with Gasteiger partial charge in [0.1, 0.15) is 17.4 Å². The van der Waals surface area contributed by atoms with Crippen molar-refractivity contribution in [2.24, 2.45) is 0 Å². The second kappa shape index (κ2) is 7.75. The van der Waals surface area contributed by atoms with E-state index in [1.54, 1.807) is 49.5 Å². The van der Waals surface area contributed by atoms with Crippen LogP contribution in [0, 0.1) is 12.7 Å². The van der Waals surface area contributed by atoms with E-state index in [2.05, 4.69) is 15.3 Å². The summed E-state index contributed by atoms with van der Waals surface area (Å²) in [4.78, 5) is 33.9. The number of methoxy groups -OCH3 is 1. The summed E-state index contributed by atoms with van der Waals surface area (Å²) < 4.78 is 20.8. The van der Waals surface area contributed by atoms with Gasteiger partial charge in [-0.05, 0) is 61.5 Å². The van der Waals surface area contributed by atoms with Crippen molar-refractivity contribution in [1.29, 1.82) is 0 Å². The van der Waals surface area contributed by atoms with E-state index in [9.17, 15) is 14.0 Å². The molecule has 0 spiro atoms. The summed E-state index contributed by atoms with van der Waals surface area (Å²) in [6, 6.07) is 13.7. The van der Waals surface area contributed by atoms with E-state index < -0.39 is 11.7 Å². The molecular formula is C22H17FN4O3. The van der Waals surface area contributed by atoms with Crippen molar-refractivity contribution in [3.63, 3.8) is 0 Å². The number of nitrogens with one attached hydrogen (secondary N) is 1. The Balaban J connectivity index is 1.73. The Bertz CT molecular complexity index is 1320. The van der Waals surface area contributed by atoms with Crippen LogP contribution in [0.4, 0.5) is 10.1 Å². The number of aryl methyl sites for hydroxylation is 1. The molecule has 2 aromatic carbocycles. The molecule has 2 aromatic heterocycles. The topological polar surface area (TPSA) is 86.1 Å². The average molecular weight is 404 g/mol. The van der Waals surface area contributed by atoms with Gasteiger partial charge in [-0.25, -0.2) is 14.4 Å². The molecule has 0 saturated carbocycles. The molecule has 2 heterocycles. The minimum absolute atomic E-state index is 0.0501. The Hall–Kier alpha value is -4.07. The van der Waals surface area contributed by atoms with Gasteiger partial charge in [-0.15, -0.1) is 0 Å². The maximum atomic E-state index is 14.4. The summed E-state index contributed by atoms with van der Waals surface area (Å²) in [6.45, 7) is 1.66. The second-order valence-electron chi connectivity index (χ2n) is 6.52. The third kappa shape index (κ3) is 3.50. The van der Waals surface area contributed by atoms with E-state index in [4.69, 9.17) is 4.74 Å². The van der Waals surface area contributed by atoms with Gasteiger partial charge in [-0.3, -0.25) is 14.2 Å². The van der Waals surface area contributed by atoms with Gasteiger partial charge in [-0.1, -0.05) is 0 Å². The lowest BCUT2D eigenvalue weighted by Crippen LogP contribution is -2.23. The Morgan fingerprint density at radius 1 is 1.13 bits per heavy atom. The Kier molecular flexibility index (Phi) is 4.97. The lowest BCUT2D eigenvalue weighted by molar-refractivity contribution is 0.102. The highest BCUT2D eigenvalue weighted by molar-refractivity contribution is 6.04. The van der Waals surface area contributed by atoms with Crippen LogP contribution in [-0.4, -0.2) is 27.6 Å². The molecule has 7 nitrogen and oxygen atoms in total. The normalized spacial score (nSPS) is 10.8. The zero-order chi connectivity index (χ0) is 21.3. The van der Waals surface area contributed by atoms with Gasteiger partial charge in [0.15, 0.2) is 5.65 Å². The molecule has 0 unspecified atom stereocenters. The highest BCUT2D eigenvalue weighted by atomic mass is 19.1. The van der Waals surface area contributed by atoms with Crippen molar-refractivity contribution in [2.75, 3.05) is 12.4 Å². The van der Waals surface area contributed by atoms with Crippen LogP contribution in [0.5, 0.6) is 5.75 Å². The standard InChI is InChI=1S/C22H17FN4O3/c1-13-25-20-17(4-3-11-24-20)22(29)27(13)15-7-10-18(23)19(12-15)26-21(28)14-5-8-16(30-2)9-6-14/h3-12H,1-2H3,(H,26,28). The van der Waals surface area contributed by atoms with Gasteiger partial charge < -0.3 is 10.1 Å². The van der Waals surface area contributed by atoms with Crippen LogP contribution < -0.4 is 15.6 Å². The fourth-order valence-electron chi connectivity index (χ4n) is 3.11. The van der Waals surface area contributed by atoms with E-state index in [1.807, 2.05) is 0 Å². The number of hydrogen-bond acceptors (Lipinski definition) is 5. The second-order valence-corrected chi connectivity index (χ2v) is 6.52. The van der Waals surface area contributed by atoms with Crippen LogP contribution in [0.15, 0.2) is 65.6 Å². The van der Waals surface area contributed by atoms with Crippen LogP contribution in [0.25, 0.3) is 16.7 Å². The number of anilines is 1. The maximum absolute atomic E-state index is 14.4. The number of hydrogen-bond donors (Lipinski definition) is 1. The minimum Gasteiger partial charge on any atom is -0.497 e. The highest BCUT2D eigenvalue weighted by Gasteiger charge is 2.14. The SMILES string of the molecule is COc1ccc(C(=O)Nc2cc(-n3c(C)nc4ncccc4c3=O)ccc2F)cc1. The first-order valence-electron chi connectivity index (χ1n) is 9.07. The highest BCUT2D eigenvalue weighted by Crippen LogP contribution is 2.21. The van der Waals surface area contributed by atoms with Crippen molar-refractivity contribution < 1.29 is 13.9 Å². The summed E-state index contributed by atoms with van der Waals surface area (Å²) in [6.07, 6.45) is 1.56. The average Bonchev–Trinajstić information content (AvgIpc) is 2.76. The molecule has 1 amide bonds. The Morgan fingerprint density at radius 2 is 1.90 bits per heavy atom. The molecule has 8 heteroatoms. The number of nitrogens with zero attached hydrogens (tertiary/aromatic N) is 3. The summed E-state index contributed by atoms with van der Waals surface area (Å²) in [5.74, 6) is -0.113. The third-order valence-electron chi connectivity index (χ3n) is 4.62. The number of aromatic nitrogens is 3. The van der Waals surface area contributed by atoms with Crippen LogP contribution in [-0.2, 0) is 0 Å². The van der Waals surface area contributed by atoms with Crippen molar-refractivity contribution in [1.82, 2.24) is 14.5 Å². The molecule has 0 atom stereocenters. The predicted molar refractivity (Wildman–Crippen MR) is 111 cm³/mol. The summed E-state index contributed by atoms with van der Waals surface area (Å²) in [5, 5.41) is 2.89. The number of fused-ring (bicyclic) bond motifs is 1. The van der Waals surface area contributed by atoms with Crippen molar-refractivity contribution >= 4 is 22.6 Å². The van der Waals surface area contributed by atoms with Gasteiger partial charge in [-0.2, -0.15) is 0 Å². The van der Waals surface area contributed by atoms with Gasteiger partial charge in [0.25, 0.3) is 11.5 Å². The number of rotatable bonds is 4. The lowest BCUT2D eigenvalue weighted by atomic mass is 10.2. The molecule has 4 aromatic rings. The van der Waals surface area contributed by atoms with Crippen molar-refractivity contribution in [2.45, 2.75) is 6.92 Å². The smallest absolute Gasteiger partial charge is 0.267 e. The number of carbonyl (C=O) groups is 1. The zero-order valence-corrected chi connectivity index (χ0v) is 16.2. The summed E-state index contributed by atoms with van der Waals surface area (Å²) >= 11 is 0. The van der Waals surface area contributed by atoms with Crippen LogP contribution in [0.3, 0.4) is 0 Å². The third-order valence-corrected chi connectivity index (χ3v) is 4.62. The van der Waals surface area contributed by atoms with Crippen LogP contribution in [0.1, 0.15) is 16.2 Å². The predicted octanol–water partition coefficient (Wildman–Crippen LogP) is 3.49. The maximum Gasteiger partial charge on any atom is 0.267 e. The fraction of sp³-hybridized carbons (Fsp3) is 0.0909. The Labute approximate surface area is 170 Å². The number of pyridine rings is 1. The molecule has 4 rings (SSSR count). The van der Waals surface area contributed by atoms with Crippen molar-refractivity contribution in [3.8, 4) is 11.4 Å². The largest absolute Gasteiger partial charge is 0.497 e. The van der Waals surface area contributed by atoms with E-state index in [-0.39, 0.29) is 11.2 Å². The van der Waals surface area contributed by atoms with Gasteiger partial charge in [0.2, 0.25) is 0 Å². The van der Waals surface area contributed by atoms with E-state index in [0.29, 0.717) is 33.9 Å². The van der Waals surface area contributed by atoms with Crippen LogP contribution >= 0.6 is 0 Å². The molecule has 0 radical (unpaired) electrons. The summed E-state index contributed by atoms with van der Waals surface area (Å²) in [7, 11) is 1.53. The zero-order valence-electron chi connectivity index (χ0n) is 16.2. The van der Waals surface area contributed by atoms with E-state index in [0.717, 1.165) is 0 Å². The first-order valence-corrected chi connectivity index (χ1v) is 9.07. The van der Waals surface area contributed by atoms with Crippen LogP contribution in [0.2, 0.25) is 0 Å². The molecule has 150 valence electrons. The number of halogens is 1. The molecule has 0 bridgehead atoms. The van der Waals surface area contributed by atoms with E-state index >= 15 is 0 Å².